The van der Waals surface area contributed by atoms with Crippen LogP contribution >= 0.6 is 0 Å². The van der Waals surface area contributed by atoms with Gasteiger partial charge in [0.25, 0.3) is 0 Å². The number of carboxylic acid groups (broad SMARTS) is 5. The standard InChI is InChI=1S/C15H21N5O5.C12H16N4O4.C11H14N4O4.2C10H12N4O4.10O2S/c1-9-17-19-12(24-9)8-11(15-20-18-10(2)25-15)14(23)16-7-5-3-4-6-13(21)22;1-7-13-15-10(19-7)5-3-9(12(17)18)4-6-11-16-14-8(2)20-11;1-6-12-14-9(18-6)4-3-8(11(16)17)5-10-15-13-7(2)19-10;1-5-11-13-8(17-5)3-7(4-9(15)16)10-14-12-6(2)18-10;1-5-11-13-8(17-5)3-7(10(15)16)4-9-14-12-6(2)18-9;10*1-3-2/h11H,3-8H2,1-2H3,(H,16,23)(H,21,22);9H,3-6H2,1-2H3,(H,17,18);8H,3-5H2,1-2H3,(H,16,17);2*7H,3-4H2,1-2H3,(H,15,16);;;;;;;;;;. The third kappa shape index (κ3) is 66.8. The lowest BCUT2D eigenvalue weighted by molar-refractivity contribution is -0.143. The smallest absolute Gasteiger partial charge is 0.335 e. The maximum absolute atomic E-state index is 12.5. The Morgan fingerprint density at radius 1 is 0.269 bits per heavy atom. The Hall–Kier alpha value is -13.6. The third-order valence-electron chi connectivity index (χ3n) is 13.6. The zero-order valence-electron chi connectivity index (χ0n) is 68.4. The molecule has 0 aliphatic rings. The van der Waals surface area contributed by atoms with Crippen LogP contribution in [0.4, 0.5) is 0 Å². The second-order valence-electron chi connectivity index (χ2n) is 22.8. The van der Waals surface area contributed by atoms with Gasteiger partial charge in [0.2, 0.25) is 124 Å². The number of aromatic nitrogens is 20. The molecule has 6 N–H and O–H groups in total. The predicted octanol–water partition coefficient (Wildman–Crippen LogP) is -1.84. The minimum Gasteiger partial charge on any atom is -0.481 e. The summed E-state index contributed by atoms with van der Waals surface area (Å²) in [5.41, 5.74) is 0. The van der Waals surface area contributed by atoms with E-state index in [1.165, 1.54) is 0 Å². The lowest BCUT2D eigenvalue weighted by atomic mass is 9.98. The summed E-state index contributed by atoms with van der Waals surface area (Å²) in [5, 5.41) is 123. The molecule has 10 aromatic heterocycles. The molecule has 10 aromatic rings. The molecule has 0 saturated heterocycles. The van der Waals surface area contributed by atoms with Gasteiger partial charge in [-0.15, -0.1) is 102 Å². The van der Waals surface area contributed by atoms with Gasteiger partial charge in [-0.1, -0.05) is 6.42 Å². The first-order chi connectivity index (χ1) is 61.8. The molecule has 3 unspecified atom stereocenters. The second kappa shape index (κ2) is 80.0. The van der Waals surface area contributed by atoms with E-state index >= 15 is 0 Å². The van der Waals surface area contributed by atoms with Gasteiger partial charge >= 0.3 is 146 Å². The van der Waals surface area contributed by atoms with Crippen LogP contribution in [0.25, 0.3) is 0 Å². The molecule has 0 aliphatic heterocycles. The van der Waals surface area contributed by atoms with Gasteiger partial charge in [0, 0.05) is 134 Å². The van der Waals surface area contributed by atoms with E-state index in [0.29, 0.717) is 152 Å². The fourth-order valence-electron chi connectivity index (χ4n) is 8.87. The number of nitrogens with zero attached hydrogens (tertiary/aromatic N) is 20. The zero-order valence-corrected chi connectivity index (χ0v) is 76.5. The van der Waals surface area contributed by atoms with E-state index in [2.05, 4.69) is 107 Å². The van der Waals surface area contributed by atoms with E-state index in [9.17, 15) is 33.9 Å². The van der Waals surface area contributed by atoms with E-state index in [0.717, 1.165) is 6.42 Å². The van der Waals surface area contributed by atoms with Gasteiger partial charge in [0.1, 0.15) is 5.92 Å². The molecule has 62 nitrogen and oxygen atoms in total. The van der Waals surface area contributed by atoms with Crippen molar-refractivity contribution in [3.8, 4) is 0 Å². The highest BCUT2D eigenvalue weighted by molar-refractivity contribution is 7.53. The molecule has 1 amide bonds. The highest BCUT2D eigenvalue weighted by Crippen LogP contribution is 2.25. The maximum Gasteiger partial charge on any atom is 0.335 e. The molecule has 72 heteroatoms. The van der Waals surface area contributed by atoms with Gasteiger partial charge in [-0.25, -0.2) is 0 Å². The second-order valence-corrected chi connectivity index (χ2v) is 24.2. The van der Waals surface area contributed by atoms with Crippen LogP contribution in [0, 0.1) is 87.0 Å². The van der Waals surface area contributed by atoms with Crippen molar-refractivity contribution in [2.24, 2.45) is 17.8 Å². The number of hydrogen-bond acceptors (Lipinski definition) is 56. The van der Waals surface area contributed by atoms with Gasteiger partial charge in [0.05, 0.1) is 30.1 Å². The summed E-state index contributed by atoms with van der Waals surface area (Å²) in [4.78, 5) is 67.3. The molecule has 10 rings (SSSR count). The molecule has 718 valence electrons. The van der Waals surface area contributed by atoms with Crippen LogP contribution < -0.4 is 5.32 Å². The van der Waals surface area contributed by atoms with Crippen molar-refractivity contribution < 1.29 is 183 Å². The molecule has 0 saturated carbocycles. The van der Waals surface area contributed by atoms with Gasteiger partial charge in [-0.2, -0.15) is 84.2 Å². The minimum absolute atomic E-state index is 0.133. The number of hydrogen-bond donors (Lipinski definition) is 6. The lowest BCUT2D eigenvalue weighted by Crippen LogP contribution is -2.31. The molecule has 10 heterocycles. The van der Waals surface area contributed by atoms with Crippen LogP contribution in [-0.2, 0) is 196 Å². The number of rotatable bonds is 33. The predicted molar refractivity (Wildman–Crippen MR) is 413 cm³/mol. The molecule has 3 atom stereocenters. The summed E-state index contributed by atoms with van der Waals surface area (Å²) in [7, 11) is 0. The van der Waals surface area contributed by atoms with Gasteiger partial charge < -0.3 is 75.0 Å². The summed E-state index contributed by atoms with van der Waals surface area (Å²) < 4.78 is 218. The zero-order chi connectivity index (χ0) is 99.9. The van der Waals surface area contributed by atoms with Crippen molar-refractivity contribution in [3.63, 3.8) is 0 Å². The number of carboxylic acids is 5. The van der Waals surface area contributed by atoms with Crippen LogP contribution in [0.15, 0.2) is 44.2 Å². The van der Waals surface area contributed by atoms with E-state index in [-0.39, 0.29) is 74.4 Å². The number of carbonyl (C=O) groups is 6. The summed E-state index contributed by atoms with van der Waals surface area (Å²) in [6.45, 7) is 17.1. The van der Waals surface area contributed by atoms with Crippen molar-refractivity contribution in [1.29, 1.82) is 0 Å². The Labute approximate surface area is 762 Å². The topological polar surface area (TPSA) is 946 Å². The summed E-state index contributed by atoms with van der Waals surface area (Å²) >= 11 is -7.50. The fraction of sp³-hybridized carbons (Fsp3) is 0.552. The monoisotopic (exact) mass is 2040 g/mol. The minimum atomic E-state index is -0.971. The molecular weight excluding hydrogens is 1970 g/mol. The van der Waals surface area contributed by atoms with Crippen molar-refractivity contribution in [1.82, 2.24) is 107 Å². The lowest BCUT2D eigenvalue weighted by Gasteiger charge is -2.11. The first kappa shape index (κ1) is 125. The Bertz CT molecular complexity index is 5010. The largest absolute Gasteiger partial charge is 0.481 e. The molecular formula is C58H75N21O41S10. The van der Waals surface area contributed by atoms with E-state index in [1.54, 1.807) is 69.2 Å². The highest BCUT2D eigenvalue weighted by Gasteiger charge is 2.30. The third-order valence-corrected chi connectivity index (χ3v) is 13.6. The summed E-state index contributed by atoms with van der Waals surface area (Å²) in [5.74, 6) is -0.175. The number of carbonyl (C=O) groups excluding carboxylic acids is 1. The van der Waals surface area contributed by atoms with Crippen molar-refractivity contribution in [2.45, 2.75) is 184 Å². The molecule has 130 heavy (non-hydrogen) atoms. The quantitative estimate of drug-likeness (QED) is 0.0246. The van der Waals surface area contributed by atoms with Crippen molar-refractivity contribution in [3.05, 3.63) is 118 Å². The van der Waals surface area contributed by atoms with Crippen LogP contribution in [0.1, 0.15) is 181 Å². The Morgan fingerprint density at radius 2 is 0.508 bits per heavy atom. The Morgan fingerprint density at radius 3 is 0.754 bits per heavy atom. The van der Waals surface area contributed by atoms with Gasteiger partial charge in [0.15, 0.2) is 0 Å². The maximum atomic E-state index is 12.5. The average Bonchev–Trinajstić information content (AvgIpc) is 1.70. The Balaban J connectivity index is -0.000000465. The average molecular weight is 2040 g/mol. The molecule has 0 radical (unpaired) electrons. The summed E-state index contributed by atoms with van der Waals surface area (Å²) in [6, 6.07) is 0. The first-order valence-corrected chi connectivity index (χ1v) is 40.9. The molecule has 0 bridgehead atoms. The number of aliphatic carboxylic acids is 5. The van der Waals surface area contributed by atoms with E-state index in [4.69, 9.17) is 149 Å². The van der Waals surface area contributed by atoms with Crippen LogP contribution in [0.5, 0.6) is 0 Å². The SMILES string of the molecule is Cc1nnc(CC(C(=O)NCCCCCC(=O)O)c2nnc(C)o2)o1.Cc1nnc(CC(CC(=O)O)c2nnc(C)o2)o1.Cc1nnc(CC(Cc2nnc(C)o2)C(=O)O)o1.Cc1nnc(CCC(CCc2nnc(C)o2)C(=O)O)o1.Cc1nnc(CCC(Cc2nnc(C)o2)C(=O)O)o1.O=S=O.O=S=O.O=S=O.O=S=O.O=S=O.O=S=O.O=S=O.O=S=O.O=S=O.O=S=O. The molecule has 0 aliphatic carbocycles. The van der Waals surface area contributed by atoms with E-state index < -0.39 is 175 Å². The normalized spacial score (nSPS) is 10.1. The highest BCUT2D eigenvalue weighted by atomic mass is 32.1. The summed E-state index contributed by atoms with van der Waals surface area (Å²) in [6.07, 6.45) is 5.42. The van der Waals surface area contributed by atoms with Crippen LogP contribution in [0.2, 0.25) is 0 Å². The Kier molecular flexibility index (Phi) is 76.9. The van der Waals surface area contributed by atoms with Crippen LogP contribution in [-0.4, -0.2) is 254 Å². The van der Waals surface area contributed by atoms with Crippen molar-refractivity contribution >= 4 is 151 Å². The fourth-order valence-corrected chi connectivity index (χ4v) is 8.87. The molecule has 0 aromatic carbocycles. The number of aryl methyl sites for hydroxylation is 13. The number of amides is 1. The number of unbranched alkanes of at least 4 members (excludes halogenated alkanes) is 2. The number of nitrogens with one attached hydrogen (secondary N) is 1. The van der Waals surface area contributed by atoms with E-state index in [1.807, 2.05) is 0 Å². The molecule has 0 spiro atoms. The molecule has 0 fully saturated rings. The van der Waals surface area contributed by atoms with Gasteiger partial charge in [-0.3, -0.25) is 28.8 Å². The first-order valence-electron chi connectivity index (χ1n) is 34.3. The van der Waals surface area contributed by atoms with Crippen LogP contribution in [0.3, 0.4) is 0 Å². The van der Waals surface area contributed by atoms with Crippen molar-refractivity contribution in [2.75, 3.05) is 6.54 Å². The van der Waals surface area contributed by atoms with Gasteiger partial charge in [-0.05, 0) is 32.1 Å².